The van der Waals surface area contributed by atoms with Crippen molar-refractivity contribution >= 4 is 23.7 Å². The number of piperazine rings is 1. The first-order valence-corrected chi connectivity index (χ1v) is 10.1. The molecule has 1 fully saturated rings. The molecular weight excluding hydrogens is 376 g/mol. The van der Waals surface area contributed by atoms with E-state index in [9.17, 15) is 5.26 Å². The van der Waals surface area contributed by atoms with Crippen LogP contribution in [0.15, 0.2) is 59.0 Å². The van der Waals surface area contributed by atoms with Gasteiger partial charge in [-0.25, -0.2) is 0 Å². The zero-order chi connectivity index (χ0) is 20.8. The fraction of sp³-hybridized carbons (Fsp3) is 0.250. The van der Waals surface area contributed by atoms with E-state index in [0.717, 1.165) is 37.5 Å². The Balaban J connectivity index is 1.43. The fourth-order valence-corrected chi connectivity index (χ4v) is 3.50. The maximum Gasteiger partial charge on any atom is 0.235 e. The predicted octanol–water partition coefficient (Wildman–Crippen LogP) is 4.44. The Kier molecular flexibility index (Phi) is 6.00. The summed E-state index contributed by atoms with van der Waals surface area (Å²) < 4.78 is 11.4. The molecule has 0 spiro atoms. The van der Waals surface area contributed by atoms with Gasteiger partial charge < -0.3 is 19.0 Å². The highest BCUT2D eigenvalue weighted by molar-refractivity contribution is 5.67. The maximum atomic E-state index is 9.51. The summed E-state index contributed by atoms with van der Waals surface area (Å²) >= 11 is 0. The van der Waals surface area contributed by atoms with Gasteiger partial charge in [0.2, 0.25) is 17.5 Å². The van der Waals surface area contributed by atoms with Gasteiger partial charge in [-0.05, 0) is 42.8 Å². The second-order valence-electron chi connectivity index (χ2n) is 6.96. The van der Waals surface area contributed by atoms with Crippen LogP contribution in [0.3, 0.4) is 0 Å². The molecule has 3 aromatic rings. The summed E-state index contributed by atoms with van der Waals surface area (Å²) in [6.45, 7) is 5.90. The van der Waals surface area contributed by atoms with E-state index in [2.05, 4.69) is 45.1 Å². The van der Waals surface area contributed by atoms with E-state index in [1.807, 2.05) is 43.3 Å². The Morgan fingerprint density at radius 2 is 1.70 bits per heavy atom. The molecule has 30 heavy (non-hydrogen) atoms. The zero-order valence-corrected chi connectivity index (χ0v) is 17.0. The Labute approximate surface area is 176 Å². The fourth-order valence-electron chi connectivity index (χ4n) is 3.50. The number of benzene rings is 2. The number of ether oxygens (including phenoxy) is 1. The molecule has 0 amide bonds. The van der Waals surface area contributed by atoms with E-state index in [1.54, 1.807) is 6.08 Å². The van der Waals surface area contributed by atoms with Crippen LogP contribution in [-0.2, 0) is 0 Å². The van der Waals surface area contributed by atoms with Gasteiger partial charge in [-0.15, -0.1) is 0 Å². The molecule has 0 aliphatic carbocycles. The molecule has 0 saturated carbocycles. The first-order chi connectivity index (χ1) is 14.8. The smallest absolute Gasteiger partial charge is 0.235 e. The average molecular weight is 400 g/mol. The molecule has 152 valence electrons. The van der Waals surface area contributed by atoms with Gasteiger partial charge in [0.15, 0.2) is 0 Å². The van der Waals surface area contributed by atoms with E-state index >= 15 is 0 Å². The van der Waals surface area contributed by atoms with Crippen LogP contribution in [0.4, 0.5) is 11.6 Å². The van der Waals surface area contributed by atoms with Crippen LogP contribution in [-0.4, -0.2) is 37.8 Å². The predicted molar refractivity (Wildman–Crippen MR) is 119 cm³/mol. The highest BCUT2D eigenvalue weighted by Crippen LogP contribution is 2.25. The molecule has 0 N–H and O–H groups in total. The zero-order valence-electron chi connectivity index (χ0n) is 17.0. The standard InChI is InChI=1S/C24H24N4O2/c1-2-29-21-11-8-19(9-12-21)10-13-23-26-22(18-25)24(30-23)28-16-14-27(15-17-28)20-6-4-3-5-7-20/h3-13H,2,14-17H2,1H3. The summed E-state index contributed by atoms with van der Waals surface area (Å²) in [6, 6.07) is 20.3. The minimum absolute atomic E-state index is 0.328. The van der Waals surface area contributed by atoms with E-state index in [1.165, 1.54) is 5.69 Å². The van der Waals surface area contributed by atoms with Gasteiger partial charge in [0.05, 0.1) is 6.61 Å². The van der Waals surface area contributed by atoms with Crippen molar-refractivity contribution in [3.63, 3.8) is 0 Å². The van der Waals surface area contributed by atoms with Crippen LogP contribution in [0.25, 0.3) is 12.2 Å². The minimum atomic E-state index is 0.328. The second-order valence-corrected chi connectivity index (χ2v) is 6.96. The molecule has 1 aliphatic rings. The number of nitriles is 1. The highest BCUT2D eigenvalue weighted by Gasteiger charge is 2.23. The lowest BCUT2D eigenvalue weighted by molar-refractivity contribution is 0.340. The van der Waals surface area contributed by atoms with Crippen molar-refractivity contribution in [1.82, 2.24) is 4.98 Å². The molecule has 0 radical (unpaired) electrons. The molecule has 1 saturated heterocycles. The van der Waals surface area contributed by atoms with Crippen LogP contribution < -0.4 is 14.5 Å². The lowest BCUT2D eigenvalue weighted by Gasteiger charge is -2.35. The summed E-state index contributed by atoms with van der Waals surface area (Å²) in [5, 5.41) is 9.51. The third-order valence-electron chi connectivity index (χ3n) is 5.03. The summed E-state index contributed by atoms with van der Waals surface area (Å²) in [5.41, 5.74) is 2.55. The van der Waals surface area contributed by atoms with Crippen LogP contribution in [0, 0.1) is 11.3 Å². The molecular formula is C24H24N4O2. The SMILES string of the molecule is CCOc1ccc(C=Cc2nc(C#N)c(N3CCN(c4ccccc4)CC3)o2)cc1. The van der Waals surface area contributed by atoms with Crippen LogP contribution in [0.2, 0.25) is 0 Å². The lowest BCUT2D eigenvalue weighted by atomic mass is 10.2. The largest absolute Gasteiger partial charge is 0.494 e. The van der Waals surface area contributed by atoms with Crippen molar-refractivity contribution in [3.05, 3.63) is 71.7 Å². The number of nitrogens with zero attached hydrogens (tertiary/aromatic N) is 4. The van der Waals surface area contributed by atoms with Gasteiger partial charge in [-0.2, -0.15) is 10.2 Å². The summed E-state index contributed by atoms with van der Waals surface area (Å²) in [6.07, 6.45) is 3.71. The van der Waals surface area contributed by atoms with Crippen LogP contribution in [0.1, 0.15) is 24.1 Å². The van der Waals surface area contributed by atoms with E-state index in [-0.39, 0.29) is 0 Å². The second kappa shape index (κ2) is 9.19. The van der Waals surface area contributed by atoms with Crippen molar-refractivity contribution in [2.45, 2.75) is 6.92 Å². The van der Waals surface area contributed by atoms with Gasteiger partial charge >= 0.3 is 0 Å². The molecule has 6 heteroatoms. The van der Waals surface area contributed by atoms with Gasteiger partial charge in [0.25, 0.3) is 0 Å². The highest BCUT2D eigenvalue weighted by atomic mass is 16.5. The molecule has 2 aromatic carbocycles. The van der Waals surface area contributed by atoms with Crippen molar-refractivity contribution < 1.29 is 9.15 Å². The number of hydrogen-bond donors (Lipinski definition) is 0. The van der Waals surface area contributed by atoms with Gasteiger partial charge in [0, 0.05) is 37.9 Å². The minimum Gasteiger partial charge on any atom is -0.494 e. The van der Waals surface area contributed by atoms with Crippen molar-refractivity contribution in [2.75, 3.05) is 42.6 Å². The number of rotatable bonds is 6. The lowest BCUT2D eigenvalue weighted by Crippen LogP contribution is -2.46. The van der Waals surface area contributed by atoms with E-state index in [4.69, 9.17) is 9.15 Å². The number of aromatic nitrogens is 1. The third kappa shape index (κ3) is 4.47. The third-order valence-corrected chi connectivity index (χ3v) is 5.03. The topological polar surface area (TPSA) is 65.5 Å². The van der Waals surface area contributed by atoms with Gasteiger partial charge in [-0.3, -0.25) is 0 Å². The quantitative estimate of drug-likeness (QED) is 0.609. The summed E-state index contributed by atoms with van der Waals surface area (Å²) in [5.74, 6) is 1.83. The molecule has 1 aromatic heterocycles. The summed E-state index contributed by atoms with van der Waals surface area (Å²) in [7, 11) is 0. The molecule has 2 heterocycles. The molecule has 0 bridgehead atoms. The molecule has 4 rings (SSSR count). The maximum absolute atomic E-state index is 9.51. The van der Waals surface area contributed by atoms with Crippen molar-refractivity contribution in [2.24, 2.45) is 0 Å². The van der Waals surface area contributed by atoms with Crippen LogP contribution in [0.5, 0.6) is 5.75 Å². The Bertz CT molecular complexity index is 1030. The van der Waals surface area contributed by atoms with Gasteiger partial charge in [0.1, 0.15) is 11.8 Å². The molecule has 0 atom stereocenters. The number of para-hydroxylation sites is 1. The first kappa shape index (κ1) is 19.6. The Morgan fingerprint density at radius 3 is 2.37 bits per heavy atom. The molecule has 1 aliphatic heterocycles. The molecule has 6 nitrogen and oxygen atoms in total. The van der Waals surface area contributed by atoms with Gasteiger partial charge in [-0.1, -0.05) is 30.3 Å². The normalized spacial score (nSPS) is 14.1. The average Bonchev–Trinajstić information content (AvgIpc) is 3.23. The van der Waals surface area contributed by atoms with Crippen molar-refractivity contribution in [3.8, 4) is 11.8 Å². The summed E-state index contributed by atoms with van der Waals surface area (Å²) in [4.78, 5) is 8.78. The number of anilines is 2. The van der Waals surface area contributed by atoms with Crippen molar-refractivity contribution in [1.29, 1.82) is 5.26 Å². The number of hydrogen-bond acceptors (Lipinski definition) is 6. The Morgan fingerprint density at radius 1 is 1.00 bits per heavy atom. The van der Waals surface area contributed by atoms with Crippen LogP contribution >= 0.6 is 0 Å². The number of oxazole rings is 1. The monoisotopic (exact) mass is 400 g/mol. The molecule has 0 unspecified atom stereocenters. The first-order valence-electron chi connectivity index (χ1n) is 10.1. The Hall–Kier alpha value is -3.72. The van der Waals surface area contributed by atoms with E-state index in [0.29, 0.717) is 24.1 Å². The van der Waals surface area contributed by atoms with E-state index < -0.39 is 0 Å².